The summed E-state index contributed by atoms with van der Waals surface area (Å²) in [7, 11) is 0. The zero-order valence-electron chi connectivity index (χ0n) is 13.2. The third-order valence-electron chi connectivity index (χ3n) is 3.15. The van der Waals surface area contributed by atoms with Crippen molar-refractivity contribution >= 4 is 23.5 Å². The van der Waals surface area contributed by atoms with Crippen LogP contribution in [0.3, 0.4) is 0 Å². The zero-order valence-corrected chi connectivity index (χ0v) is 14.0. The molecule has 0 saturated carbocycles. The molecule has 0 aliphatic heterocycles. The van der Waals surface area contributed by atoms with E-state index in [0.717, 1.165) is 0 Å². The summed E-state index contributed by atoms with van der Waals surface area (Å²) in [6, 6.07) is 14.8. The Morgan fingerprint density at radius 3 is 2.38 bits per heavy atom. The molecule has 2 rings (SSSR count). The minimum atomic E-state index is -0.742. The van der Waals surface area contributed by atoms with Crippen LogP contribution in [0, 0.1) is 0 Å². The topological polar surface area (TPSA) is 64.6 Å². The number of rotatable bonds is 7. The van der Waals surface area contributed by atoms with Crippen LogP contribution in [0.25, 0.3) is 0 Å². The van der Waals surface area contributed by atoms with Crippen molar-refractivity contribution in [3.63, 3.8) is 0 Å². The minimum absolute atomic E-state index is 0.0903. The molecule has 0 aromatic heterocycles. The summed E-state index contributed by atoms with van der Waals surface area (Å²) in [4.78, 5) is 23.8. The molecule has 1 atom stereocenters. The molecule has 0 unspecified atom stereocenters. The largest absolute Gasteiger partial charge is 0.490 e. The van der Waals surface area contributed by atoms with Crippen LogP contribution in [-0.2, 0) is 9.53 Å². The number of hydrogen-bond donors (Lipinski definition) is 1. The highest BCUT2D eigenvalue weighted by molar-refractivity contribution is 6.30. The third kappa shape index (κ3) is 5.59. The lowest BCUT2D eigenvalue weighted by molar-refractivity contribution is -0.146. The van der Waals surface area contributed by atoms with E-state index in [1.807, 2.05) is 6.07 Å². The number of nitrogens with one attached hydrogen (secondary N) is 1. The Morgan fingerprint density at radius 1 is 1.04 bits per heavy atom. The van der Waals surface area contributed by atoms with Crippen molar-refractivity contribution in [2.45, 2.75) is 13.0 Å². The van der Waals surface area contributed by atoms with E-state index in [0.29, 0.717) is 16.3 Å². The number of halogens is 1. The highest BCUT2D eigenvalue weighted by Crippen LogP contribution is 2.15. The Labute approximate surface area is 145 Å². The van der Waals surface area contributed by atoms with Crippen LogP contribution in [-0.4, -0.2) is 31.1 Å². The second-order valence-corrected chi connectivity index (χ2v) is 5.47. The SMILES string of the molecule is C[C@H](NC(=O)c1ccccc1)C(=O)OCCOc1ccc(Cl)cc1. The van der Waals surface area contributed by atoms with E-state index in [4.69, 9.17) is 21.1 Å². The minimum Gasteiger partial charge on any atom is -0.490 e. The average molecular weight is 348 g/mol. The first-order chi connectivity index (χ1) is 11.6. The maximum absolute atomic E-state index is 11.9. The van der Waals surface area contributed by atoms with Crippen molar-refractivity contribution < 1.29 is 19.1 Å². The maximum atomic E-state index is 11.9. The number of carbonyl (C=O) groups is 2. The van der Waals surface area contributed by atoms with E-state index < -0.39 is 12.0 Å². The molecule has 6 heteroatoms. The molecule has 0 heterocycles. The summed E-state index contributed by atoms with van der Waals surface area (Å²) in [5, 5.41) is 3.21. The van der Waals surface area contributed by atoms with Crippen molar-refractivity contribution in [3.8, 4) is 5.75 Å². The zero-order chi connectivity index (χ0) is 17.4. The second kappa shape index (κ2) is 8.93. The number of esters is 1. The van der Waals surface area contributed by atoms with Gasteiger partial charge in [0.2, 0.25) is 0 Å². The van der Waals surface area contributed by atoms with Gasteiger partial charge in [-0.05, 0) is 43.3 Å². The number of carbonyl (C=O) groups excluding carboxylic acids is 2. The summed E-state index contributed by atoms with van der Waals surface area (Å²) < 4.78 is 10.5. The van der Waals surface area contributed by atoms with Crippen molar-refractivity contribution in [1.82, 2.24) is 5.32 Å². The first-order valence-electron chi connectivity index (χ1n) is 7.47. The lowest BCUT2D eigenvalue weighted by Crippen LogP contribution is -2.39. The molecule has 0 fully saturated rings. The van der Waals surface area contributed by atoms with E-state index in [-0.39, 0.29) is 19.1 Å². The molecule has 0 saturated heterocycles. The van der Waals surface area contributed by atoms with Crippen LogP contribution in [0.5, 0.6) is 5.75 Å². The predicted octanol–water partition coefficient (Wildman–Crippen LogP) is 3.08. The van der Waals surface area contributed by atoms with Gasteiger partial charge in [-0.25, -0.2) is 4.79 Å². The van der Waals surface area contributed by atoms with Crippen LogP contribution in [0.1, 0.15) is 17.3 Å². The van der Waals surface area contributed by atoms with E-state index in [1.54, 1.807) is 55.5 Å². The Hall–Kier alpha value is -2.53. The van der Waals surface area contributed by atoms with Gasteiger partial charge in [0.05, 0.1) is 0 Å². The molecular formula is C18H18ClNO4. The first-order valence-corrected chi connectivity index (χ1v) is 7.85. The van der Waals surface area contributed by atoms with Gasteiger partial charge >= 0.3 is 5.97 Å². The molecule has 2 aromatic rings. The molecule has 1 N–H and O–H groups in total. The number of amides is 1. The summed E-state index contributed by atoms with van der Waals surface area (Å²) >= 11 is 5.78. The van der Waals surface area contributed by atoms with E-state index >= 15 is 0 Å². The van der Waals surface area contributed by atoms with Crippen molar-refractivity contribution in [2.24, 2.45) is 0 Å². The van der Waals surface area contributed by atoms with Gasteiger partial charge in [0, 0.05) is 10.6 Å². The summed E-state index contributed by atoms with van der Waals surface area (Å²) in [5.41, 5.74) is 0.489. The number of benzene rings is 2. The Morgan fingerprint density at radius 2 is 1.71 bits per heavy atom. The standard InChI is InChI=1S/C18H18ClNO4/c1-13(20-17(21)14-5-3-2-4-6-14)18(22)24-12-11-23-16-9-7-15(19)8-10-16/h2-10,13H,11-12H2,1H3,(H,20,21)/t13-/m0/s1. The molecule has 5 nitrogen and oxygen atoms in total. The average Bonchev–Trinajstić information content (AvgIpc) is 2.60. The lowest BCUT2D eigenvalue weighted by atomic mass is 10.2. The molecule has 126 valence electrons. The van der Waals surface area contributed by atoms with Crippen LogP contribution in [0.4, 0.5) is 0 Å². The van der Waals surface area contributed by atoms with Gasteiger partial charge in [0.15, 0.2) is 0 Å². The van der Waals surface area contributed by atoms with E-state index in [9.17, 15) is 9.59 Å². The molecule has 1 amide bonds. The number of ether oxygens (including phenoxy) is 2. The third-order valence-corrected chi connectivity index (χ3v) is 3.40. The van der Waals surface area contributed by atoms with Gasteiger partial charge in [0.1, 0.15) is 25.0 Å². The molecule has 0 aliphatic rings. The van der Waals surface area contributed by atoms with Crippen molar-refractivity contribution in [1.29, 1.82) is 0 Å². The normalized spacial score (nSPS) is 11.4. The van der Waals surface area contributed by atoms with E-state index in [1.165, 1.54) is 0 Å². The molecule has 0 radical (unpaired) electrons. The van der Waals surface area contributed by atoms with Gasteiger partial charge in [-0.1, -0.05) is 29.8 Å². The van der Waals surface area contributed by atoms with E-state index in [2.05, 4.69) is 5.32 Å². The molecular weight excluding hydrogens is 330 g/mol. The molecule has 24 heavy (non-hydrogen) atoms. The first kappa shape index (κ1) is 17.8. The summed E-state index contributed by atoms with van der Waals surface area (Å²) in [5.74, 6) is -0.197. The van der Waals surface area contributed by atoms with Gasteiger partial charge in [-0.2, -0.15) is 0 Å². The van der Waals surface area contributed by atoms with Gasteiger partial charge in [-0.15, -0.1) is 0 Å². The second-order valence-electron chi connectivity index (χ2n) is 5.03. The fourth-order valence-corrected chi connectivity index (χ4v) is 2.01. The monoisotopic (exact) mass is 347 g/mol. The van der Waals surface area contributed by atoms with Gasteiger partial charge in [0.25, 0.3) is 5.91 Å². The quantitative estimate of drug-likeness (QED) is 0.617. The van der Waals surface area contributed by atoms with Crippen molar-refractivity contribution in [2.75, 3.05) is 13.2 Å². The van der Waals surface area contributed by atoms with Gasteiger partial charge in [-0.3, -0.25) is 4.79 Å². The Balaban J connectivity index is 1.70. The van der Waals surface area contributed by atoms with Gasteiger partial charge < -0.3 is 14.8 Å². The summed E-state index contributed by atoms with van der Waals surface area (Å²) in [6.07, 6.45) is 0. The Kier molecular flexibility index (Phi) is 6.63. The number of hydrogen-bond acceptors (Lipinski definition) is 4. The van der Waals surface area contributed by atoms with Crippen LogP contribution >= 0.6 is 11.6 Å². The smallest absolute Gasteiger partial charge is 0.328 e. The highest BCUT2D eigenvalue weighted by atomic mass is 35.5. The van der Waals surface area contributed by atoms with Crippen LogP contribution in [0.15, 0.2) is 54.6 Å². The molecule has 2 aromatic carbocycles. The molecule has 0 bridgehead atoms. The van der Waals surface area contributed by atoms with Crippen LogP contribution in [0.2, 0.25) is 5.02 Å². The lowest BCUT2D eigenvalue weighted by Gasteiger charge is -2.13. The predicted molar refractivity (Wildman–Crippen MR) is 91.3 cm³/mol. The maximum Gasteiger partial charge on any atom is 0.328 e. The highest BCUT2D eigenvalue weighted by Gasteiger charge is 2.17. The Bertz CT molecular complexity index is 673. The summed E-state index contributed by atoms with van der Waals surface area (Å²) in [6.45, 7) is 1.88. The van der Waals surface area contributed by atoms with Crippen LogP contribution < -0.4 is 10.1 Å². The van der Waals surface area contributed by atoms with Crippen molar-refractivity contribution in [3.05, 3.63) is 65.2 Å². The fraction of sp³-hybridized carbons (Fsp3) is 0.222. The molecule has 0 spiro atoms. The fourth-order valence-electron chi connectivity index (χ4n) is 1.89. The molecule has 0 aliphatic carbocycles.